The van der Waals surface area contributed by atoms with Gasteiger partial charge in [0.25, 0.3) is 0 Å². The Labute approximate surface area is 215 Å². The zero-order chi connectivity index (χ0) is 23.8. The lowest BCUT2D eigenvalue weighted by Crippen LogP contribution is -2.50. The predicted molar refractivity (Wildman–Crippen MR) is 139 cm³/mol. The molecule has 1 aliphatic carbocycles. The lowest BCUT2D eigenvalue weighted by molar-refractivity contribution is -0.139. The number of carbonyl (C=O) groups is 2. The number of halogens is 3. The first-order chi connectivity index (χ1) is 15.8. The third-order valence-corrected chi connectivity index (χ3v) is 7.82. The minimum atomic E-state index is -0.640. The van der Waals surface area contributed by atoms with Gasteiger partial charge in [-0.3, -0.25) is 9.59 Å². The Morgan fingerprint density at radius 3 is 2.39 bits per heavy atom. The molecule has 0 bridgehead atoms. The quantitative estimate of drug-likeness (QED) is 0.392. The molecule has 0 aromatic heterocycles. The van der Waals surface area contributed by atoms with Crippen LogP contribution in [0, 0.1) is 0 Å². The van der Waals surface area contributed by atoms with Crippen LogP contribution in [0.25, 0.3) is 0 Å². The van der Waals surface area contributed by atoms with Crippen molar-refractivity contribution in [2.75, 3.05) is 5.75 Å². The van der Waals surface area contributed by atoms with Gasteiger partial charge in [0, 0.05) is 39.0 Å². The molecule has 4 nitrogen and oxygen atoms in total. The number of carbonyl (C=O) groups excluding carboxylic acids is 2. The largest absolute Gasteiger partial charge is 0.352 e. The number of thioether (sulfide) groups is 1. The Bertz CT molecular complexity index is 946. The maximum atomic E-state index is 13.3. The molecule has 2 aromatic rings. The zero-order valence-corrected chi connectivity index (χ0v) is 21.7. The third kappa shape index (κ3) is 7.81. The van der Waals surface area contributed by atoms with Crippen molar-refractivity contribution in [1.82, 2.24) is 10.2 Å². The van der Waals surface area contributed by atoms with Gasteiger partial charge in [-0.25, -0.2) is 0 Å². The molecule has 2 amide bonds. The van der Waals surface area contributed by atoms with Crippen molar-refractivity contribution in [2.24, 2.45) is 0 Å². The number of hydrogen-bond donors (Lipinski definition) is 1. The molecule has 0 heterocycles. The molecule has 1 saturated carbocycles. The summed E-state index contributed by atoms with van der Waals surface area (Å²) < 4.78 is 0. The summed E-state index contributed by atoms with van der Waals surface area (Å²) >= 11 is 20.3. The van der Waals surface area contributed by atoms with Crippen molar-refractivity contribution < 1.29 is 9.59 Å². The minimum Gasteiger partial charge on any atom is -0.352 e. The number of nitrogens with one attached hydrogen (secondary N) is 1. The van der Waals surface area contributed by atoms with Gasteiger partial charge in [-0.1, -0.05) is 72.3 Å². The Morgan fingerprint density at radius 1 is 1.06 bits per heavy atom. The highest BCUT2D eigenvalue weighted by Gasteiger charge is 2.29. The summed E-state index contributed by atoms with van der Waals surface area (Å²) in [4.78, 5) is 27.9. The molecule has 1 unspecified atom stereocenters. The molecule has 1 aliphatic rings. The van der Waals surface area contributed by atoms with Gasteiger partial charge in [-0.05, 0) is 49.6 Å². The summed E-state index contributed by atoms with van der Waals surface area (Å²) in [5.74, 6) is 0.605. The van der Waals surface area contributed by atoms with Crippen LogP contribution in [0.5, 0.6) is 0 Å². The maximum absolute atomic E-state index is 13.3. The molecule has 1 fully saturated rings. The van der Waals surface area contributed by atoms with E-state index in [1.165, 1.54) is 18.2 Å². The number of amides is 2. The van der Waals surface area contributed by atoms with E-state index in [0.29, 0.717) is 26.4 Å². The minimum absolute atomic E-state index is 0.135. The molecular formula is C25H29Cl3N2O2S. The topological polar surface area (TPSA) is 49.4 Å². The molecular weight excluding hydrogens is 499 g/mol. The highest BCUT2D eigenvalue weighted by molar-refractivity contribution is 7.99. The lowest BCUT2D eigenvalue weighted by Gasteiger charge is -2.31. The fraction of sp³-hybridized carbons (Fsp3) is 0.440. The van der Waals surface area contributed by atoms with Crippen molar-refractivity contribution in [1.29, 1.82) is 0 Å². The van der Waals surface area contributed by atoms with Gasteiger partial charge in [0.05, 0.1) is 5.75 Å². The zero-order valence-electron chi connectivity index (χ0n) is 18.7. The summed E-state index contributed by atoms with van der Waals surface area (Å²) in [6.45, 7) is 1.94. The normalized spacial score (nSPS) is 15.2. The first-order valence-electron chi connectivity index (χ1n) is 11.2. The highest BCUT2D eigenvalue weighted by Crippen LogP contribution is 2.27. The Balaban J connectivity index is 1.70. The van der Waals surface area contributed by atoms with Crippen LogP contribution in [0.3, 0.4) is 0 Å². The summed E-state index contributed by atoms with van der Waals surface area (Å²) in [6.07, 6.45) is 5.42. The van der Waals surface area contributed by atoms with Crippen LogP contribution < -0.4 is 5.32 Å². The first kappa shape index (κ1) is 26.2. The predicted octanol–water partition coefficient (Wildman–Crippen LogP) is 6.75. The smallest absolute Gasteiger partial charge is 0.242 e. The molecule has 2 aromatic carbocycles. The van der Waals surface area contributed by atoms with E-state index in [1.807, 2.05) is 24.3 Å². The van der Waals surface area contributed by atoms with Crippen LogP contribution in [-0.4, -0.2) is 34.6 Å². The monoisotopic (exact) mass is 526 g/mol. The van der Waals surface area contributed by atoms with Crippen LogP contribution in [0.2, 0.25) is 15.1 Å². The summed E-state index contributed by atoms with van der Waals surface area (Å²) in [6, 6.07) is 12.4. The molecule has 0 saturated heterocycles. The van der Waals surface area contributed by atoms with Gasteiger partial charge in [-0.2, -0.15) is 0 Å². The van der Waals surface area contributed by atoms with Crippen molar-refractivity contribution >= 4 is 58.4 Å². The second-order valence-electron chi connectivity index (χ2n) is 8.36. The van der Waals surface area contributed by atoms with E-state index in [-0.39, 0.29) is 30.2 Å². The van der Waals surface area contributed by atoms with Gasteiger partial charge in [0.15, 0.2) is 0 Å². The standard InChI is InChI=1S/C25H29Cl3N2O2S/c1-17(25(32)29-20-9-3-2-4-10-20)30(14-21-22(27)11-6-12-23(21)28)24(31)16-33-15-18-7-5-8-19(26)13-18/h5-8,11-13,17,20H,2-4,9-10,14-16H2,1H3,(H,29,32). The molecule has 3 rings (SSSR count). The van der Waals surface area contributed by atoms with Crippen LogP contribution in [0.15, 0.2) is 42.5 Å². The van der Waals surface area contributed by atoms with Crippen molar-refractivity contribution in [3.05, 3.63) is 68.7 Å². The lowest BCUT2D eigenvalue weighted by atomic mass is 9.95. The van der Waals surface area contributed by atoms with Crippen molar-refractivity contribution in [3.63, 3.8) is 0 Å². The van der Waals surface area contributed by atoms with Gasteiger partial charge in [-0.15, -0.1) is 11.8 Å². The van der Waals surface area contributed by atoms with E-state index in [1.54, 1.807) is 30.0 Å². The molecule has 178 valence electrons. The summed E-state index contributed by atoms with van der Waals surface area (Å²) in [7, 11) is 0. The molecule has 1 N–H and O–H groups in total. The van der Waals surface area contributed by atoms with E-state index in [9.17, 15) is 9.59 Å². The van der Waals surface area contributed by atoms with E-state index >= 15 is 0 Å². The Hall–Kier alpha value is -1.40. The van der Waals surface area contributed by atoms with Crippen LogP contribution >= 0.6 is 46.6 Å². The fourth-order valence-corrected chi connectivity index (χ4v) is 5.56. The SMILES string of the molecule is CC(C(=O)NC1CCCCC1)N(Cc1c(Cl)cccc1Cl)C(=O)CSCc1cccc(Cl)c1. The van der Waals surface area contributed by atoms with E-state index in [4.69, 9.17) is 34.8 Å². The molecule has 33 heavy (non-hydrogen) atoms. The number of benzene rings is 2. The van der Waals surface area contributed by atoms with Crippen LogP contribution in [-0.2, 0) is 21.9 Å². The van der Waals surface area contributed by atoms with Crippen molar-refractivity contribution in [2.45, 2.75) is 63.4 Å². The second kappa shape index (κ2) is 12.9. The van der Waals surface area contributed by atoms with E-state index in [2.05, 4.69) is 5.32 Å². The van der Waals surface area contributed by atoms with E-state index in [0.717, 1.165) is 31.2 Å². The van der Waals surface area contributed by atoms with Crippen LogP contribution in [0.4, 0.5) is 0 Å². The summed E-state index contributed by atoms with van der Waals surface area (Å²) in [5, 5.41) is 4.76. The summed E-state index contributed by atoms with van der Waals surface area (Å²) in [5.41, 5.74) is 1.69. The third-order valence-electron chi connectivity index (χ3n) is 5.89. The van der Waals surface area contributed by atoms with Gasteiger partial charge < -0.3 is 10.2 Å². The van der Waals surface area contributed by atoms with Crippen molar-refractivity contribution in [3.8, 4) is 0 Å². The van der Waals surface area contributed by atoms with Gasteiger partial charge in [0.1, 0.15) is 6.04 Å². The fourth-order valence-electron chi connectivity index (χ4n) is 3.97. The number of hydrogen-bond acceptors (Lipinski definition) is 3. The average molecular weight is 528 g/mol. The Kier molecular flexibility index (Phi) is 10.2. The highest BCUT2D eigenvalue weighted by atomic mass is 35.5. The van der Waals surface area contributed by atoms with E-state index < -0.39 is 6.04 Å². The maximum Gasteiger partial charge on any atom is 0.242 e. The van der Waals surface area contributed by atoms with Gasteiger partial charge >= 0.3 is 0 Å². The Morgan fingerprint density at radius 2 is 1.73 bits per heavy atom. The number of nitrogens with zero attached hydrogens (tertiary/aromatic N) is 1. The van der Waals surface area contributed by atoms with Gasteiger partial charge in [0.2, 0.25) is 11.8 Å². The molecule has 0 aliphatic heterocycles. The first-order valence-corrected chi connectivity index (χ1v) is 13.5. The molecule has 8 heteroatoms. The molecule has 1 atom stereocenters. The molecule has 0 spiro atoms. The second-order valence-corrected chi connectivity index (χ2v) is 10.6. The average Bonchev–Trinajstić information content (AvgIpc) is 2.79. The number of rotatable bonds is 9. The van der Waals surface area contributed by atoms with Crippen LogP contribution in [0.1, 0.15) is 50.2 Å². The molecule has 0 radical (unpaired) electrons.